The summed E-state index contributed by atoms with van der Waals surface area (Å²) in [6.07, 6.45) is 1.23. The van der Waals surface area contributed by atoms with Crippen LogP contribution in [0.15, 0.2) is 30.3 Å². The van der Waals surface area contributed by atoms with Crippen molar-refractivity contribution in [3.63, 3.8) is 0 Å². The minimum Gasteiger partial charge on any atom is -0.309 e. The van der Waals surface area contributed by atoms with Gasteiger partial charge in [-0.15, -0.1) is 0 Å². The van der Waals surface area contributed by atoms with Crippen molar-refractivity contribution >= 4 is 0 Å². The third-order valence-electron chi connectivity index (χ3n) is 4.59. The van der Waals surface area contributed by atoms with Crippen molar-refractivity contribution in [2.75, 3.05) is 46.3 Å². The van der Waals surface area contributed by atoms with Crippen LogP contribution in [0, 0.1) is 5.41 Å². The van der Waals surface area contributed by atoms with Gasteiger partial charge in [-0.3, -0.25) is 0 Å². The lowest BCUT2D eigenvalue weighted by molar-refractivity contribution is 0.151. The lowest BCUT2D eigenvalue weighted by Gasteiger charge is -2.34. The standard InChI is InChI=1S/C19H33N3/c1-19(2,3)18(17-9-6-5-7-10-17)20-11-8-12-22-15-13-21(4)14-16-22/h5-7,9-10,18,20H,8,11-16H2,1-4H3. The fraction of sp³-hybridized carbons (Fsp3) is 0.684. The lowest BCUT2D eigenvalue weighted by atomic mass is 9.82. The van der Waals surface area contributed by atoms with E-state index in [1.54, 1.807) is 0 Å². The minimum atomic E-state index is 0.231. The zero-order chi connectivity index (χ0) is 16.0. The highest BCUT2D eigenvalue weighted by molar-refractivity contribution is 5.20. The molecule has 0 aromatic heterocycles. The summed E-state index contributed by atoms with van der Waals surface area (Å²) in [6.45, 7) is 14.1. The molecular weight excluding hydrogens is 270 g/mol. The molecule has 1 unspecified atom stereocenters. The van der Waals surface area contributed by atoms with Crippen molar-refractivity contribution in [1.29, 1.82) is 0 Å². The Morgan fingerprint density at radius 1 is 1.05 bits per heavy atom. The first kappa shape index (κ1) is 17.5. The predicted octanol–water partition coefficient (Wildman–Crippen LogP) is 3.00. The predicted molar refractivity (Wildman–Crippen MR) is 95.2 cm³/mol. The second-order valence-electron chi connectivity index (χ2n) is 7.66. The van der Waals surface area contributed by atoms with E-state index in [0.29, 0.717) is 6.04 Å². The van der Waals surface area contributed by atoms with E-state index in [9.17, 15) is 0 Å². The molecule has 0 aliphatic carbocycles. The average Bonchev–Trinajstić information content (AvgIpc) is 2.48. The molecule has 1 saturated heterocycles. The summed E-state index contributed by atoms with van der Waals surface area (Å²) in [5, 5.41) is 3.79. The van der Waals surface area contributed by atoms with Gasteiger partial charge < -0.3 is 15.1 Å². The van der Waals surface area contributed by atoms with Gasteiger partial charge in [0, 0.05) is 32.2 Å². The molecule has 0 spiro atoms. The Balaban J connectivity index is 1.77. The van der Waals surface area contributed by atoms with Gasteiger partial charge in [0.05, 0.1) is 0 Å². The summed E-state index contributed by atoms with van der Waals surface area (Å²) in [5.74, 6) is 0. The molecule has 1 atom stereocenters. The fourth-order valence-electron chi connectivity index (χ4n) is 3.19. The Morgan fingerprint density at radius 2 is 1.68 bits per heavy atom. The van der Waals surface area contributed by atoms with Gasteiger partial charge in [0.25, 0.3) is 0 Å². The van der Waals surface area contributed by atoms with Gasteiger partial charge in [-0.25, -0.2) is 0 Å². The Labute approximate surface area is 136 Å². The van der Waals surface area contributed by atoms with Crippen molar-refractivity contribution in [1.82, 2.24) is 15.1 Å². The second kappa shape index (κ2) is 8.09. The molecule has 0 bridgehead atoms. The van der Waals surface area contributed by atoms with E-state index < -0.39 is 0 Å². The van der Waals surface area contributed by atoms with Crippen LogP contribution in [0.4, 0.5) is 0 Å². The molecule has 1 aromatic rings. The van der Waals surface area contributed by atoms with Crippen LogP contribution in [0.1, 0.15) is 38.8 Å². The molecule has 1 heterocycles. The number of nitrogens with one attached hydrogen (secondary N) is 1. The zero-order valence-electron chi connectivity index (χ0n) is 14.8. The molecule has 0 amide bonds. The maximum atomic E-state index is 3.79. The Kier molecular flexibility index (Phi) is 6.42. The lowest BCUT2D eigenvalue weighted by Crippen LogP contribution is -2.45. The van der Waals surface area contributed by atoms with E-state index >= 15 is 0 Å². The molecule has 0 saturated carbocycles. The number of nitrogens with zero attached hydrogens (tertiary/aromatic N) is 2. The number of benzene rings is 1. The maximum Gasteiger partial charge on any atom is 0.0369 e. The zero-order valence-corrected chi connectivity index (χ0v) is 14.8. The van der Waals surface area contributed by atoms with E-state index in [1.807, 2.05) is 0 Å². The van der Waals surface area contributed by atoms with E-state index in [4.69, 9.17) is 0 Å². The van der Waals surface area contributed by atoms with Crippen LogP contribution in [0.25, 0.3) is 0 Å². The van der Waals surface area contributed by atoms with Crippen LogP contribution in [-0.4, -0.2) is 56.1 Å². The highest BCUT2D eigenvalue weighted by atomic mass is 15.2. The topological polar surface area (TPSA) is 18.5 Å². The smallest absolute Gasteiger partial charge is 0.0369 e. The van der Waals surface area contributed by atoms with Gasteiger partial charge in [0.15, 0.2) is 0 Å². The first-order valence-corrected chi connectivity index (χ1v) is 8.66. The quantitative estimate of drug-likeness (QED) is 0.815. The average molecular weight is 303 g/mol. The molecule has 1 N–H and O–H groups in total. The van der Waals surface area contributed by atoms with Crippen LogP contribution >= 0.6 is 0 Å². The summed E-state index contributed by atoms with van der Waals surface area (Å²) < 4.78 is 0. The third kappa shape index (κ3) is 5.38. The fourth-order valence-corrected chi connectivity index (χ4v) is 3.19. The molecule has 3 heteroatoms. The second-order valence-corrected chi connectivity index (χ2v) is 7.66. The van der Waals surface area contributed by atoms with Crippen molar-refractivity contribution in [2.45, 2.75) is 33.2 Å². The summed E-state index contributed by atoms with van der Waals surface area (Å²) >= 11 is 0. The van der Waals surface area contributed by atoms with E-state index in [0.717, 1.165) is 6.54 Å². The largest absolute Gasteiger partial charge is 0.309 e. The normalized spacial score (nSPS) is 19.3. The molecule has 1 fully saturated rings. The van der Waals surface area contributed by atoms with E-state index in [2.05, 4.69) is 73.3 Å². The highest BCUT2D eigenvalue weighted by Gasteiger charge is 2.25. The molecule has 2 rings (SSSR count). The Hall–Kier alpha value is -0.900. The first-order chi connectivity index (χ1) is 10.5. The summed E-state index contributed by atoms with van der Waals surface area (Å²) in [6, 6.07) is 11.3. The molecule has 3 nitrogen and oxygen atoms in total. The summed E-state index contributed by atoms with van der Waals surface area (Å²) in [7, 11) is 2.21. The van der Waals surface area contributed by atoms with Crippen molar-refractivity contribution < 1.29 is 0 Å². The molecule has 22 heavy (non-hydrogen) atoms. The summed E-state index contributed by atoms with van der Waals surface area (Å²) in [4.78, 5) is 5.01. The van der Waals surface area contributed by atoms with Crippen LogP contribution < -0.4 is 5.32 Å². The van der Waals surface area contributed by atoms with Gasteiger partial charge in [0.1, 0.15) is 0 Å². The van der Waals surface area contributed by atoms with Gasteiger partial charge in [-0.2, -0.15) is 0 Å². The van der Waals surface area contributed by atoms with Crippen molar-refractivity contribution in [3.05, 3.63) is 35.9 Å². The summed E-state index contributed by atoms with van der Waals surface area (Å²) in [5.41, 5.74) is 1.63. The number of likely N-dealkylation sites (N-methyl/N-ethyl adjacent to an activating group) is 1. The van der Waals surface area contributed by atoms with Gasteiger partial charge in [-0.05, 0) is 37.5 Å². The van der Waals surface area contributed by atoms with Crippen LogP contribution in [0.3, 0.4) is 0 Å². The minimum absolute atomic E-state index is 0.231. The van der Waals surface area contributed by atoms with Gasteiger partial charge >= 0.3 is 0 Å². The van der Waals surface area contributed by atoms with Gasteiger partial charge in [0.2, 0.25) is 0 Å². The van der Waals surface area contributed by atoms with Crippen molar-refractivity contribution in [3.8, 4) is 0 Å². The van der Waals surface area contributed by atoms with E-state index in [-0.39, 0.29) is 5.41 Å². The highest BCUT2D eigenvalue weighted by Crippen LogP contribution is 2.32. The van der Waals surface area contributed by atoms with E-state index in [1.165, 1.54) is 44.7 Å². The maximum absolute atomic E-state index is 3.79. The number of hydrogen-bond donors (Lipinski definition) is 1. The number of piperazine rings is 1. The van der Waals surface area contributed by atoms with Crippen LogP contribution in [0.5, 0.6) is 0 Å². The molecule has 124 valence electrons. The third-order valence-corrected chi connectivity index (χ3v) is 4.59. The SMILES string of the molecule is CN1CCN(CCCNC(c2ccccc2)C(C)(C)C)CC1. The Morgan fingerprint density at radius 3 is 2.27 bits per heavy atom. The number of rotatable bonds is 6. The molecular formula is C19H33N3. The molecule has 1 aromatic carbocycles. The van der Waals surface area contributed by atoms with Crippen molar-refractivity contribution in [2.24, 2.45) is 5.41 Å². The molecule has 0 radical (unpaired) electrons. The van der Waals surface area contributed by atoms with Crippen LogP contribution in [-0.2, 0) is 0 Å². The first-order valence-electron chi connectivity index (χ1n) is 8.66. The molecule has 1 aliphatic rings. The molecule has 1 aliphatic heterocycles. The van der Waals surface area contributed by atoms with Crippen LogP contribution in [0.2, 0.25) is 0 Å². The number of hydrogen-bond acceptors (Lipinski definition) is 3. The van der Waals surface area contributed by atoms with Gasteiger partial charge in [-0.1, -0.05) is 51.1 Å². The Bertz CT molecular complexity index is 416. The monoisotopic (exact) mass is 303 g/mol.